The molecule has 1 aliphatic heterocycles. The van der Waals surface area contributed by atoms with Gasteiger partial charge in [-0.05, 0) is 0 Å². The van der Waals surface area contributed by atoms with E-state index in [-0.39, 0.29) is 17.0 Å². The molecule has 0 aliphatic carbocycles. The summed E-state index contributed by atoms with van der Waals surface area (Å²) in [4.78, 5) is 11.7. The molecule has 2 aromatic rings. The maximum atomic E-state index is 10.0. The van der Waals surface area contributed by atoms with Gasteiger partial charge in [-0.15, -0.1) is 0 Å². The van der Waals surface area contributed by atoms with Crippen molar-refractivity contribution in [3.05, 3.63) is 12.7 Å². The van der Waals surface area contributed by atoms with Crippen LogP contribution in [0.2, 0.25) is 0 Å². The zero-order valence-electron chi connectivity index (χ0n) is 10.7. The van der Waals surface area contributed by atoms with Gasteiger partial charge in [0.25, 0.3) is 0 Å². The zero-order valence-corrected chi connectivity index (χ0v) is 9.71. The van der Waals surface area contributed by atoms with Crippen LogP contribution in [-0.2, 0) is 4.74 Å². The first-order chi connectivity index (χ1) is 9.49. The van der Waals surface area contributed by atoms with Crippen molar-refractivity contribution in [1.29, 1.82) is 0 Å². The van der Waals surface area contributed by atoms with Crippen molar-refractivity contribution in [2.45, 2.75) is 24.5 Å². The number of aliphatic hydroxyl groups excluding tert-OH is 3. The summed E-state index contributed by atoms with van der Waals surface area (Å²) in [5.74, 6) is 0.129. The van der Waals surface area contributed by atoms with Gasteiger partial charge < -0.3 is 25.8 Å². The highest BCUT2D eigenvalue weighted by Gasteiger charge is 2.43. The predicted molar refractivity (Wildman–Crippen MR) is 62.7 cm³/mol. The van der Waals surface area contributed by atoms with Gasteiger partial charge in [0.1, 0.15) is 30.2 Å². The Bertz CT molecular complexity index is 652. The van der Waals surface area contributed by atoms with Crippen LogP contribution in [0.15, 0.2) is 12.7 Å². The van der Waals surface area contributed by atoms with E-state index in [0.29, 0.717) is 0 Å². The van der Waals surface area contributed by atoms with Gasteiger partial charge in [-0.3, -0.25) is 4.57 Å². The number of aliphatic hydroxyl groups is 3. The highest BCUT2D eigenvalue weighted by atomic mass is 16.6. The molecule has 0 radical (unpaired) electrons. The molecule has 102 valence electrons. The third-order valence-corrected chi connectivity index (χ3v) is 3.01. The van der Waals surface area contributed by atoms with Crippen LogP contribution in [0.4, 0.5) is 5.82 Å². The van der Waals surface area contributed by atoms with Crippen molar-refractivity contribution >= 4 is 17.0 Å². The Balaban J connectivity index is 2.13. The molecule has 0 amide bonds. The smallest absolute Gasteiger partial charge is 0.167 e. The van der Waals surface area contributed by atoms with Gasteiger partial charge in [-0.25, -0.2) is 15.0 Å². The Hall–Kier alpha value is -1.81. The van der Waals surface area contributed by atoms with Gasteiger partial charge in [-0.2, -0.15) is 0 Å². The standard InChI is InChI=1S/C10H13N5O4/c11-8-5-9(13-2-12-8)15(3-14-5)10-7(18)6(17)4(1-16)19-10/h2-4,6-7,10,16-18H,1H2,(H2,11,12,13)/t4-,6-,7-,10-/m1/s1/i10T. The van der Waals surface area contributed by atoms with Crippen molar-refractivity contribution in [3.8, 4) is 0 Å². The number of hydrogen-bond donors (Lipinski definition) is 4. The summed E-state index contributed by atoms with van der Waals surface area (Å²) in [6.07, 6.45) is -3.68. The van der Waals surface area contributed by atoms with Crippen LogP contribution in [0, 0.1) is 0 Å². The lowest BCUT2D eigenvalue weighted by Gasteiger charge is -2.16. The molecule has 9 nitrogen and oxygen atoms in total. The largest absolute Gasteiger partial charge is 0.394 e. The second kappa shape index (κ2) is 4.38. The van der Waals surface area contributed by atoms with Gasteiger partial charge in [0.05, 0.1) is 14.3 Å². The van der Waals surface area contributed by atoms with Crippen molar-refractivity contribution in [3.63, 3.8) is 0 Å². The summed E-state index contributed by atoms with van der Waals surface area (Å²) in [7, 11) is 0. The van der Waals surface area contributed by atoms with Crippen LogP contribution in [0.3, 0.4) is 0 Å². The van der Waals surface area contributed by atoms with Crippen molar-refractivity contribution in [1.82, 2.24) is 19.5 Å². The fourth-order valence-electron chi connectivity index (χ4n) is 2.00. The van der Waals surface area contributed by atoms with Gasteiger partial charge >= 0.3 is 0 Å². The second-order valence-electron chi connectivity index (χ2n) is 4.16. The van der Waals surface area contributed by atoms with Crippen molar-refractivity contribution < 1.29 is 21.4 Å². The lowest BCUT2D eigenvalue weighted by Crippen LogP contribution is -2.33. The van der Waals surface area contributed by atoms with E-state index in [9.17, 15) is 10.2 Å². The lowest BCUT2D eigenvalue weighted by atomic mass is 10.1. The van der Waals surface area contributed by atoms with Crippen molar-refractivity contribution in [2.24, 2.45) is 0 Å². The van der Waals surface area contributed by atoms with Crippen LogP contribution < -0.4 is 5.73 Å². The average molecular weight is 269 g/mol. The topological polar surface area (TPSA) is 140 Å². The Morgan fingerprint density at radius 2 is 2.16 bits per heavy atom. The number of nitrogen functional groups attached to an aromatic ring is 1. The minimum Gasteiger partial charge on any atom is -0.394 e. The number of imidazole rings is 1. The summed E-state index contributed by atoms with van der Waals surface area (Å²) >= 11 is 0. The first-order valence-electron chi connectivity index (χ1n) is 6.08. The first-order valence-corrected chi connectivity index (χ1v) is 5.58. The van der Waals surface area contributed by atoms with Gasteiger partial charge in [0, 0.05) is 0 Å². The number of nitrogens with zero attached hydrogens (tertiary/aromatic N) is 4. The summed E-state index contributed by atoms with van der Waals surface area (Å²) in [6.45, 7) is -0.525. The van der Waals surface area contributed by atoms with Gasteiger partial charge in [0.15, 0.2) is 17.7 Å². The number of nitrogens with two attached hydrogens (primary N) is 1. The van der Waals surface area contributed by atoms with E-state index in [1.54, 1.807) is 0 Å². The molecule has 3 heterocycles. The molecule has 3 rings (SSSR count). The Kier molecular flexibility index (Phi) is 2.55. The molecule has 4 atom stereocenters. The molecule has 1 fully saturated rings. The molecule has 0 spiro atoms. The SMILES string of the molecule is [3H][C@@]1(n2cnc3c(N)ncnc32)O[C@H](CO)[C@@H](O)[C@H]1O. The normalized spacial score (nSPS) is 35.7. The summed E-state index contributed by atoms with van der Waals surface area (Å²) in [5.41, 5.74) is 6.10. The molecular weight excluding hydrogens is 254 g/mol. The Morgan fingerprint density at radius 1 is 1.37 bits per heavy atom. The number of ether oxygens (including phenoxy) is 1. The molecule has 0 bridgehead atoms. The number of fused-ring (bicyclic) bond motifs is 1. The minimum absolute atomic E-state index is 0.129. The molecule has 19 heavy (non-hydrogen) atoms. The lowest BCUT2D eigenvalue weighted by molar-refractivity contribution is -0.0511. The molecule has 2 aromatic heterocycles. The van der Waals surface area contributed by atoms with E-state index >= 15 is 0 Å². The van der Waals surface area contributed by atoms with E-state index in [1.807, 2.05) is 0 Å². The molecule has 1 saturated heterocycles. The molecule has 0 unspecified atom stereocenters. The van der Waals surface area contributed by atoms with Gasteiger partial charge in [0.2, 0.25) is 0 Å². The molecule has 0 saturated carbocycles. The third-order valence-electron chi connectivity index (χ3n) is 3.01. The third kappa shape index (κ3) is 1.75. The molecule has 1 aliphatic rings. The van der Waals surface area contributed by atoms with E-state index in [4.69, 9.17) is 16.9 Å². The number of hydrogen-bond acceptors (Lipinski definition) is 8. The van der Waals surface area contributed by atoms with Crippen molar-refractivity contribution in [2.75, 3.05) is 12.3 Å². The maximum Gasteiger partial charge on any atom is 0.167 e. The van der Waals surface area contributed by atoms with Crippen LogP contribution >= 0.6 is 0 Å². The second-order valence-corrected chi connectivity index (χ2v) is 4.16. The zero-order chi connectivity index (χ0) is 14.5. The fraction of sp³-hybridized carbons (Fsp3) is 0.500. The van der Waals surface area contributed by atoms with Crippen LogP contribution in [0.5, 0.6) is 0 Å². The molecule has 9 heteroatoms. The predicted octanol–water partition coefficient (Wildman–Crippen LogP) is -1.98. The number of rotatable bonds is 2. The minimum atomic E-state index is -2.05. The number of anilines is 1. The Morgan fingerprint density at radius 3 is 2.84 bits per heavy atom. The van der Waals surface area contributed by atoms with Gasteiger partial charge in [-0.1, -0.05) is 0 Å². The quantitative estimate of drug-likeness (QED) is 0.491. The fourth-order valence-corrected chi connectivity index (χ4v) is 2.00. The first kappa shape index (κ1) is 11.1. The highest BCUT2D eigenvalue weighted by molar-refractivity contribution is 5.81. The van der Waals surface area contributed by atoms with E-state index in [0.717, 1.165) is 4.57 Å². The average Bonchev–Trinajstić information content (AvgIpc) is 2.96. The van der Waals surface area contributed by atoms with Crippen LogP contribution in [0.25, 0.3) is 11.2 Å². The number of aromatic nitrogens is 4. The van der Waals surface area contributed by atoms with Crippen LogP contribution in [-0.4, -0.2) is 59.8 Å². The summed E-state index contributed by atoms with van der Waals surface area (Å²) in [5, 5.41) is 28.9. The molecule has 0 aromatic carbocycles. The monoisotopic (exact) mass is 269 g/mol. The van der Waals surface area contributed by atoms with Crippen LogP contribution in [0.1, 0.15) is 7.57 Å². The molecular formula is C10H13N5O4. The van der Waals surface area contributed by atoms with E-state index < -0.39 is 31.1 Å². The summed E-state index contributed by atoms with van der Waals surface area (Å²) < 4.78 is 14.6. The highest BCUT2D eigenvalue weighted by Crippen LogP contribution is 2.31. The van der Waals surface area contributed by atoms with E-state index in [1.165, 1.54) is 12.7 Å². The van der Waals surface area contributed by atoms with E-state index in [2.05, 4.69) is 15.0 Å². The summed E-state index contributed by atoms with van der Waals surface area (Å²) in [6, 6.07) is 0. The Labute approximate surface area is 108 Å². The maximum absolute atomic E-state index is 10.0. The molecule has 5 N–H and O–H groups in total.